The summed E-state index contributed by atoms with van der Waals surface area (Å²) in [6, 6.07) is 5.35. The number of Topliss-reactive ketones (excluding diaryl/α,β-unsaturated/α-hetero) is 1. The van der Waals surface area contributed by atoms with E-state index >= 15 is 0 Å². The van der Waals surface area contributed by atoms with Crippen LogP contribution in [0.3, 0.4) is 0 Å². The fraction of sp³-hybridized carbons (Fsp3) is 0.700. The summed E-state index contributed by atoms with van der Waals surface area (Å²) in [5, 5.41) is 0. The molecule has 1 aromatic rings. The Bertz CT molecular complexity index is 1030. The molecule has 0 aromatic heterocycles. The van der Waals surface area contributed by atoms with E-state index < -0.39 is 24.0 Å². The first kappa shape index (κ1) is 27.3. The average Bonchev–Trinajstić information content (AvgIpc) is 3.50. The number of nitrogens with zero attached hydrogens (tertiary/aromatic N) is 2. The zero-order valence-corrected chi connectivity index (χ0v) is 22.9. The van der Waals surface area contributed by atoms with Gasteiger partial charge in [0, 0.05) is 12.7 Å². The molecule has 5 rings (SSSR count). The Hall–Kier alpha value is -2.29. The predicted molar refractivity (Wildman–Crippen MR) is 144 cm³/mol. The molecule has 3 heterocycles. The first-order valence-electron chi connectivity index (χ1n) is 14.6. The van der Waals surface area contributed by atoms with Crippen LogP contribution in [-0.2, 0) is 19.1 Å². The zero-order valence-electron chi connectivity index (χ0n) is 22.9. The number of amides is 2. The van der Waals surface area contributed by atoms with Crippen molar-refractivity contribution >= 4 is 17.6 Å². The molecular weight excluding hydrogens is 482 g/mol. The summed E-state index contributed by atoms with van der Waals surface area (Å²) in [5.41, 5.74) is 8.25. The maximum absolute atomic E-state index is 14.5. The normalized spacial score (nSPS) is 28.0. The lowest BCUT2D eigenvalue weighted by atomic mass is 9.73. The monoisotopic (exact) mass is 525 g/mol. The highest BCUT2D eigenvalue weighted by Gasteiger charge is 2.54. The van der Waals surface area contributed by atoms with Gasteiger partial charge in [0.15, 0.2) is 5.78 Å². The van der Waals surface area contributed by atoms with E-state index in [1.807, 2.05) is 12.1 Å². The maximum atomic E-state index is 14.5. The molecule has 8 nitrogen and oxygen atoms in total. The molecule has 2 N–H and O–H groups in total. The number of benzene rings is 1. The average molecular weight is 526 g/mol. The highest BCUT2D eigenvalue weighted by Crippen LogP contribution is 2.42. The highest BCUT2D eigenvalue weighted by atomic mass is 16.5. The number of fused-ring (bicyclic) bond motifs is 1. The van der Waals surface area contributed by atoms with Crippen molar-refractivity contribution in [3.8, 4) is 0 Å². The van der Waals surface area contributed by atoms with Gasteiger partial charge in [-0.1, -0.05) is 38.3 Å². The van der Waals surface area contributed by atoms with E-state index in [0.29, 0.717) is 18.0 Å². The van der Waals surface area contributed by atoms with Crippen molar-refractivity contribution < 1.29 is 23.9 Å². The molecule has 1 saturated carbocycles. The summed E-state index contributed by atoms with van der Waals surface area (Å²) in [6.45, 7) is 5.79. The molecule has 3 aliphatic heterocycles. The number of hydrogen-bond acceptors (Lipinski definition) is 6. The Balaban J connectivity index is 1.50. The second-order valence-corrected chi connectivity index (χ2v) is 11.7. The Labute approximate surface area is 226 Å². The van der Waals surface area contributed by atoms with Gasteiger partial charge in [0.2, 0.25) is 11.8 Å². The third-order valence-electron chi connectivity index (χ3n) is 9.39. The van der Waals surface area contributed by atoms with Gasteiger partial charge < -0.3 is 25.0 Å². The molecule has 0 spiro atoms. The SMILES string of the molecule is CCCN1CCC(c2ccc(C(N)=O)c([C@@H](C(=O)N3C[C@H](OC)[C@H]4OCC(=O)[C@H]43)C3CCCCC3)c2)CC1. The minimum atomic E-state index is -0.623. The van der Waals surface area contributed by atoms with Crippen LogP contribution < -0.4 is 5.73 Å². The number of ether oxygens (including phenoxy) is 2. The Kier molecular flexibility index (Phi) is 8.50. The van der Waals surface area contributed by atoms with Crippen LogP contribution in [0.25, 0.3) is 0 Å². The van der Waals surface area contributed by atoms with Gasteiger partial charge in [-0.25, -0.2) is 0 Å². The second-order valence-electron chi connectivity index (χ2n) is 11.7. The number of carbonyl (C=O) groups excluding carboxylic acids is 3. The van der Waals surface area contributed by atoms with Crippen LogP contribution in [0.1, 0.15) is 91.6 Å². The zero-order chi connectivity index (χ0) is 26.8. The molecule has 4 fully saturated rings. The topological polar surface area (TPSA) is 102 Å². The van der Waals surface area contributed by atoms with E-state index in [2.05, 4.69) is 17.9 Å². The second kappa shape index (κ2) is 11.8. The standard InChI is InChI=1S/C30H43N3O5/c1-3-13-32-14-11-19(12-15-32)21-9-10-22(29(31)35)23(16-21)26(20-7-5-4-6-8-20)30(36)33-17-25(37-2)28-27(33)24(34)18-38-28/h9-10,16,19-20,25-28H,3-8,11-15,17-18H2,1-2H3,(H2,31,35)/t25-,26-,27+,28+/m0/s1. The van der Waals surface area contributed by atoms with Gasteiger partial charge in [-0.3, -0.25) is 14.4 Å². The molecule has 0 radical (unpaired) electrons. The van der Waals surface area contributed by atoms with Crippen LogP contribution in [0.5, 0.6) is 0 Å². The summed E-state index contributed by atoms with van der Waals surface area (Å²) < 4.78 is 11.4. The molecule has 1 aliphatic carbocycles. The lowest BCUT2D eigenvalue weighted by Crippen LogP contribution is -2.46. The number of nitrogens with two attached hydrogens (primary N) is 1. The van der Waals surface area contributed by atoms with Crippen LogP contribution in [0.2, 0.25) is 0 Å². The summed E-state index contributed by atoms with van der Waals surface area (Å²) in [6.07, 6.45) is 7.64. The minimum absolute atomic E-state index is 0.00577. The quantitative estimate of drug-likeness (QED) is 0.559. The summed E-state index contributed by atoms with van der Waals surface area (Å²) in [4.78, 5) is 44.2. The van der Waals surface area contributed by atoms with E-state index in [-0.39, 0.29) is 30.3 Å². The first-order valence-corrected chi connectivity index (χ1v) is 14.6. The molecule has 0 unspecified atom stereocenters. The van der Waals surface area contributed by atoms with Crippen molar-refractivity contribution in [2.24, 2.45) is 11.7 Å². The van der Waals surface area contributed by atoms with Crippen LogP contribution in [-0.4, -0.2) is 85.5 Å². The Morgan fingerprint density at radius 1 is 1.13 bits per heavy atom. The lowest BCUT2D eigenvalue weighted by Gasteiger charge is -2.36. The number of methoxy groups -OCH3 is 1. The van der Waals surface area contributed by atoms with Crippen molar-refractivity contribution in [1.82, 2.24) is 9.80 Å². The van der Waals surface area contributed by atoms with E-state index in [0.717, 1.165) is 76.6 Å². The molecule has 0 bridgehead atoms. The van der Waals surface area contributed by atoms with Gasteiger partial charge in [0.05, 0.1) is 12.5 Å². The van der Waals surface area contributed by atoms with E-state index in [9.17, 15) is 14.4 Å². The Morgan fingerprint density at radius 2 is 1.87 bits per heavy atom. The highest BCUT2D eigenvalue weighted by molar-refractivity contribution is 5.99. The van der Waals surface area contributed by atoms with Gasteiger partial charge in [-0.05, 0) is 80.8 Å². The van der Waals surface area contributed by atoms with Crippen molar-refractivity contribution in [2.75, 3.05) is 39.9 Å². The number of primary amides is 1. The molecule has 1 aromatic carbocycles. The maximum Gasteiger partial charge on any atom is 0.249 e. The van der Waals surface area contributed by atoms with Crippen molar-refractivity contribution in [3.63, 3.8) is 0 Å². The summed E-state index contributed by atoms with van der Waals surface area (Å²) in [5.74, 6) is -0.691. The Morgan fingerprint density at radius 3 is 2.53 bits per heavy atom. The van der Waals surface area contributed by atoms with Gasteiger partial charge in [0.1, 0.15) is 24.9 Å². The van der Waals surface area contributed by atoms with E-state index in [4.69, 9.17) is 15.2 Å². The predicted octanol–water partition coefficient (Wildman–Crippen LogP) is 3.23. The largest absolute Gasteiger partial charge is 0.377 e. The van der Waals surface area contributed by atoms with Crippen molar-refractivity contribution in [1.29, 1.82) is 0 Å². The van der Waals surface area contributed by atoms with E-state index in [1.165, 1.54) is 5.56 Å². The number of likely N-dealkylation sites (tertiary alicyclic amines) is 2. The van der Waals surface area contributed by atoms with Gasteiger partial charge >= 0.3 is 0 Å². The van der Waals surface area contributed by atoms with Crippen molar-refractivity contribution in [3.05, 3.63) is 34.9 Å². The molecule has 4 atom stereocenters. The summed E-state index contributed by atoms with van der Waals surface area (Å²) in [7, 11) is 1.60. The number of ketones is 1. The fourth-order valence-electron chi connectivity index (χ4n) is 7.40. The first-order chi connectivity index (χ1) is 18.4. The van der Waals surface area contributed by atoms with Crippen LogP contribution in [0.15, 0.2) is 18.2 Å². The van der Waals surface area contributed by atoms with Gasteiger partial charge in [0.25, 0.3) is 0 Å². The molecule has 4 aliphatic rings. The van der Waals surface area contributed by atoms with Crippen LogP contribution in [0.4, 0.5) is 0 Å². The molecule has 2 amide bonds. The third-order valence-corrected chi connectivity index (χ3v) is 9.39. The number of hydrogen-bond donors (Lipinski definition) is 1. The lowest BCUT2D eigenvalue weighted by molar-refractivity contribution is -0.139. The van der Waals surface area contributed by atoms with Crippen molar-refractivity contribution in [2.45, 2.75) is 88.4 Å². The number of carbonyl (C=O) groups is 3. The van der Waals surface area contributed by atoms with Crippen LogP contribution in [0, 0.1) is 5.92 Å². The summed E-state index contributed by atoms with van der Waals surface area (Å²) >= 11 is 0. The van der Waals surface area contributed by atoms with Crippen LogP contribution >= 0.6 is 0 Å². The molecule has 3 saturated heterocycles. The van der Waals surface area contributed by atoms with Gasteiger partial charge in [-0.2, -0.15) is 0 Å². The molecule has 8 heteroatoms. The number of piperidine rings is 1. The molecular formula is C30H43N3O5. The van der Waals surface area contributed by atoms with Gasteiger partial charge in [-0.15, -0.1) is 0 Å². The molecule has 208 valence electrons. The molecule has 38 heavy (non-hydrogen) atoms. The fourth-order valence-corrected chi connectivity index (χ4v) is 7.40. The van der Waals surface area contributed by atoms with E-state index in [1.54, 1.807) is 12.0 Å². The smallest absolute Gasteiger partial charge is 0.249 e. The number of rotatable bonds is 8. The third kappa shape index (κ3) is 5.27. The minimum Gasteiger partial charge on any atom is -0.377 e.